The van der Waals surface area contributed by atoms with E-state index in [0.717, 1.165) is 24.2 Å². The highest BCUT2D eigenvalue weighted by atomic mass is 32.1. The van der Waals surface area contributed by atoms with Crippen molar-refractivity contribution < 1.29 is 4.39 Å². The summed E-state index contributed by atoms with van der Waals surface area (Å²) < 4.78 is 13.7. The Morgan fingerprint density at radius 1 is 1.27 bits per heavy atom. The van der Waals surface area contributed by atoms with Gasteiger partial charge in [0.05, 0.1) is 11.4 Å². The third-order valence-electron chi connectivity index (χ3n) is 3.55. The van der Waals surface area contributed by atoms with Crippen LogP contribution in [-0.4, -0.2) is 21.7 Å². The Morgan fingerprint density at radius 3 is 2.86 bits per heavy atom. The Hall–Kier alpha value is -2.14. The lowest BCUT2D eigenvalue weighted by Gasteiger charge is -2.12. The van der Waals surface area contributed by atoms with E-state index in [2.05, 4.69) is 17.2 Å². The van der Waals surface area contributed by atoms with Crippen molar-refractivity contribution in [1.82, 2.24) is 4.98 Å². The summed E-state index contributed by atoms with van der Waals surface area (Å²) in [7, 11) is 0. The fourth-order valence-electron chi connectivity index (χ4n) is 2.50. The molecule has 1 aromatic carbocycles. The molecule has 0 spiro atoms. The number of fused-ring (bicyclic) bond motifs is 1. The molecule has 2 heterocycles. The molecule has 3 nitrogen and oxygen atoms in total. The fourth-order valence-corrected chi connectivity index (χ4v) is 2.78. The summed E-state index contributed by atoms with van der Waals surface area (Å²) in [6, 6.07) is 10.1. The molecule has 22 heavy (non-hydrogen) atoms. The topological polar surface area (TPSA) is 37.3 Å². The van der Waals surface area contributed by atoms with Gasteiger partial charge in [-0.05, 0) is 36.8 Å². The van der Waals surface area contributed by atoms with Gasteiger partial charge in [0.1, 0.15) is 16.8 Å². The van der Waals surface area contributed by atoms with Gasteiger partial charge in [-0.25, -0.2) is 4.39 Å². The number of benzene rings is 1. The summed E-state index contributed by atoms with van der Waals surface area (Å²) in [6.45, 7) is 2.09. The molecule has 1 atom stereocenters. The van der Waals surface area contributed by atoms with Crippen molar-refractivity contribution >= 4 is 28.6 Å². The molecule has 1 unspecified atom stereocenters. The van der Waals surface area contributed by atoms with Crippen LogP contribution in [0.1, 0.15) is 31.0 Å². The van der Waals surface area contributed by atoms with Crippen LogP contribution in [0.3, 0.4) is 0 Å². The number of benzodiazepines with no additional fused rings is 1. The summed E-state index contributed by atoms with van der Waals surface area (Å²) in [5, 5.41) is 3.21. The number of rotatable bonds is 3. The standard InChI is InChI=1S/C17H16FN3S/c1-2-5-15-17(22)21-13-8-7-11(18)10-12(13)16(20-15)14-6-3-4-9-19-14/h3-4,6-10,15H,2,5H2,1H3,(H,21,22). The molecule has 112 valence electrons. The summed E-state index contributed by atoms with van der Waals surface area (Å²) >= 11 is 5.46. The largest absolute Gasteiger partial charge is 0.348 e. The first-order valence-electron chi connectivity index (χ1n) is 7.29. The average molecular weight is 313 g/mol. The molecule has 0 saturated carbocycles. The molecule has 1 aliphatic rings. The zero-order valence-electron chi connectivity index (χ0n) is 12.2. The molecule has 0 fully saturated rings. The maximum Gasteiger partial charge on any atom is 0.124 e. The molecule has 0 radical (unpaired) electrons. The van der Waals surface area contributed by atoms with Gasteiger partial charge in [-0.15, -0.1) is 0 Å². The average Bonchev–Trinajstić information content (AvgIpc) is 2.66. The number of thiocarbonyl (C=S) groups is 1. The fraction of sp³-hybridized carbons (Fsp3) is 0.235. The van der Waals surface area contributed by atoms with E-state index in [1.165, 1.54) is 12.1 Å². The molecule has 1 aromatic heterocycles. The number of pyridine rings is 1. The lowest BCUT2D eigenvalue weighted by Crippen LogP contribution is -2.23. The SMILES string of the molecule is CCCC1N=C(c2ccccn2)c2cc(F)ccc2NC1=S. The van der Waals surface area contributed by atoms with Gasteiger partial charge in [0.15, 0.2) is 0 Å². The summed E-state index contributed by atoms with van der Waals surface area (Å²) in [5.41, 5.74) is 2.87. The van der Waals surface area contributed by atoms with Crippen LogP contribution < -0.4 is 5.32 Å². The van der Waals surface area contributed by atoms with Gasteiger partial charge in [-0.3, -0.25) is 9.98 Å². The van der Waals surface area contributed by atoms with Crippen LogP contribution >= 0.6 is 12.2 Å². The van der Waals surface area contributed by atoms with Crippen LogP contribution in [0.15, 0.2) is 47.6 Å². The highest BCUT2D eigenvalue weighted by molar-refractivity contribution is 7.80. The zero-order valence-corrected chi connectivity index (χ0v) is 13.0. The Labute approximate surface area is 134 Å². The van der Waals surface area contributed by atoms with Crippen molar-refractivity contribution in [2.45, 2.75) is 25.8 Å². The van der Waals surface area contributed by atoms with Gasteiger partial charge in [0.25, 0.3) is 0 Å². The Kier molecular flexibility index (Phi) is 4.24. The number of anilines is 1. The first kappa shape index (κ1) is 14.8. The van der Waals surface area contributed by atoms with Crippen LogP contribution in [0.4, 0.5) is 10.1 Å². The van der Waals surface area contributed by atoms with Crippen LogP contribution in [0, 0.1) is 5.82 Å². The van der Waals surface area contributed by atoms with Gasteiger partial charge in [0, 0.05) is 17.4 Å². The van der Waals surface area contributed by atoms with Crippen molar-refractivity contribution in [3.8, 4) is 0 Å². The molecule has 3 rings (SSSR count). The van der Waals surface area contributed by atoms with E-state index in [1.807, 2.05) is 18.2 Å². The van der Waals surface area contributed by atoms with Crippen LogP contribution in [-0.2, 0) is 0 Å². The van der Waals surface area contributed by atoms with Gasteiger partial charge in [0.2, 0.25) is 0 Å². The highest BCUT2D eigenvalue weighted by Gasteiger charge is 2.23. The van der Waals surface area contributed by atoms with E-state index in [0.29, 0.717) is 16.3 Å². The molecule has 0 amide bonds. The number of hydrogen-bond donors (Lipinski definition) is 1. The monoisotopic (exact) mass is 313 g/mol. The van der Waals surface area contributed by atoms with Crippen molar-refractivity contribution in [2.24, 2.45) is 4.99 Å². The van der Waals surface area contributed by atoms with Gasteiger partial charge < -0.3 is 5.32 Å². The van der Waals surface area contributed by atoms with Crippen molar-refractivity contribution in [3.05, 3.63) is 59.7 Å². The van der Waals surface area contributed by atoms with Crippen molar-refractivity contribution in [3.63, 3.8) is 0 Å². The Balaban J connectivity index is 2.18. The van der Waals surface area contributed by atoms with E-state index in [-0.39, 0.29) is 11.9 Å². The quantitative estimate of drug-likeness (QED) is 0.871. The van der Waals surface area contributed by atoms with E-state index >= 15 is 0 Å². The highest BCUT2D eigenvalue weighted by Crippen LogP contribution is 2.26. The molecule has 0 saturated heterocycles. The second kappa shape index (κ2) is 6.32. The minimum atomic E-state index is -0.302. The maximum atomic E-state index is 13.7. The molecule has 2 aromatic rings. The Bertz CT molecular complexity index is 728. The predicted octanol–water partition coefficient (Wildman–Crippen LogP) is 3.98. The van der Waals surface area contributed by atoms with Gasteiger partial charge >= 0.3 is 0 Å². The minimum Gasteiger partial charge on any atom is -0.348 e. The summed E-state index contributed by atoms with van der Waals surface area (Å²) in [4.78, 5) is 9.82. The van der Waals surface area contributed by atoms with Gasteiger partial charge in [-0.1, -0.05) is 31.6 Å². The van der Waals surface area contributed by atoms with E-state index < -0.39 is 0 Å². The van der Waals surface area contributed by atoms with E-state index in [4.69, 9.17) is 17.2 Å². The first-order valence-corrected chi connectivity index (χ1v) is 7.70. The normalized spacial score (nSPS) is 17.3. The molecular weight excluding hydrogens is 297 g/mol. The summed E-state index contributed by atoms with van der Waals surface area (Å²) in [6.07, 6.45) is 3.52. The zero-order chi connectivity index (χ0) is 15.5. The predicted molar refractivity (Wildman–Crippen MR) is 91.2 cm³/mol. The number of halogens is 1. The molecular formula is C17H16FN3S. The van der Waals surface area contributed by atoms with Crippen molar-refractivity contribution in [1.29, 1.82) is 0 Å². The smallest absolute Gasteiger partial charge is 0.124 e. The van der Waals surface area contributed by atoms with E-state index in [9.17, 15) is 4.39 Å². The summed E-state index contributed by atoms with van der Waals surface area (Å²) in [5.74, 6) is -0.302. The molecule has 1 N–H and O–H groups in total. The second-order valence-electron chi connectivity index (χ2n) is 5.18. The number of nitrogens with one attached hydrogen (secondary N) is 1. The number of nitrogens with zero attached hydrogens (tertiary/aromatic N) is 2. The van der Waals surface area contributed by atoms with Crippen LogP contribution in [0.25, 0.3) is 0 Å². The third kappa shape index (κ3) is 2.90. The third-order valence-corrected chi connectivity index (χ3v) is 3.93. The Morgan fingerprint density at radius 2 is 2.14 bits per heavy atom. The van der Waals surface area contributed by atoms with E-state index in [1.54, 1.807) is 12.3 Å². The van der Waals surface area contributed by atoms with Gasteiger partial charge in [-0.2, -0.15) is 0 Å². The minimum absolute atomic E-state index is 0.118. The molecule has 5 heteroatoms. The molecule has 1 aliphatic heterocycles. The maximum absolute atomic E-state index is 13.7. The first-order chi connectivity index (χ1) is 10.7. The number of aromatic nitrogens is 1. The molecule has 0 aliphatic carbocycles. The lowest BCUT2D eigenvalue weighted by atomic mass is 10.0. The van der Waals surface area contributed by atoms with Crippen LogP contribution in [0.2, 0.25) is 0 Å². The number of aliphatic imine (C=N–C) groups is 1. The van der Waals surface area contributed by atoms with Crippen molar-refractivity contribution in [2.75, 3.05) is 5.32 Å². The second-order valence-corrected chi connectivity index (χ2v) is 5.62. The number of hydrogen-bond acceptors (Lipinski definition) is 3. The molecule has 0 bridgehead atoms. The van der Waals surface area contributed by atoms with Crippen LogP contribution in [0.5, 0.6) is 0 Å². The lowest BCUT2D eigenvalue weighted by molar-refractivity contribution is 0.628.